The Morgan fingerprint density at radius 3 is 2.54 bits per heavy atom. The van der Waals surface area contributed by atoms with Crippen LogP contribution in [0.5, 0.6) is 0 Å². The molecule has 5 aromatic rings. The smallest absolute Gasteiger partial charge is 0.336 e. The predicted molar refractivity (Wildman–Crippen MR) is 141 cm³/mol. The van der Waals surface area contributed by atoms with Gasteiger partial charge >= 0.3 is 11.9 Å². The number of aromatic nitrogens is 4. The number of aromatic carboxylic acids is 2. The first-order chi connectivity index (χ1) is 17.8. The molecule has 0 radical (unpaired) electrons. The molecule has 0 aliphatic heterocycles. The van der Waals surface area contributed by atoms with Crippen molar-refractivity contribution in [3.8, 4) is 11.3 Å². The van der Waals surface area contributed by atoms with Crippen molar-refractivity contribution in [2.24, 2.45) is 0 Å². The molecule has 37 heavy (non-hydrogen) atoms. The SMILES string of the molecule is CCC(C)c1ccnc2c1ncn2Cc1ccc2nc(-c3ccccc3C(=O)O)c(C)c(C(=O)O)c2c1. The van der Waals surface area contributed by atoms with Gasteiger partial charge in [0, 0.05) is 17.1 Å². The van der Waals surface area contributed by atoms with Crippen LogP contribution >= 0.6 is 0 Å². The number of carbonyl (C=O) groups is 2. The molecule has 8 nitrogen and oxygen atoms in total. The van der Waals surface area contributed by atoms with E-state index in [9.17, 15) is 19.8 Å². The quantitative estimate of drug-likeness (QED) is 0.289. The summed E-state index contributed by atoms with van der Waals surface area (Å²) >= 11 is 0. The number of imidazole rings is 1. The molecule has 0 saturated carbocycles. The molecule has 186 valence electrons. The second-order valence-electron chi connectivity index (χ2n) is 9.22. The van der Waals surface area contributed by atoms with Crippen molar-refractivity contribution in [2.45, 2.75) is 39.7 Å². The second-order valence-corrected chi connectivity index (χ2v) is 9.22. The first-order valence-electron chi connectivity index (χ1n) is 12.1. The predicted octanol–water partition coefficient (Wildman–Crippen LogP) is 5.91. The Balaban J connectivity index is 1.62. The summed E-state index contributed by atoms with van der Waals surface area (Å²) in [5, 5.41) is 20.3. The number of carboxylic acid groups (broad SMARTS) is 2. The maximum atomic E-state index is 12.4. The van der Waals surface area contributed by atoms with Gasteiger partial charge in [0.25, 0.3) is 0 Å². The Bertz CT molecular complexity index is 1690. The molecule has 3 heterocycles. The largest absolute Gasteiger partial charge is 0.478 e. The average Bonchev–Trinajstić information content (AvgIpc) is 3.30. The molecular formula is C29H26N4O4. The standard InChI is InChI=1S/C29H26N4O4/c1-4-16(2)19-11-12-30-27-26(19)31-15-33(27)14-18-9-10-23-22(13-18)24(29(36)37)17(3)25(32-23)20-7-5-6-8-21(20)28(34)35/h5-13,15-16H,4,14H2,1-3H3,(H,34,35)(H,36,37). The minimum atomic E-state index is -1.10. The van der Waals surface area contributed by atoms with E-state index >= 15 is 0 Å². The minimum absolute atomic E-state index is 0.0710. The van der Waals surface area contributed by atoms with Gasteiger partial charge < -0.3 is 14.8 Å². The number of benzene rings is 2. The van der Waals surface area contributed by atoms with Gasteiger partial charge in [0.05, 0.1) is 35.2 Å². The molecule has 3 aromatic heterocycles. The fraction of sp³-hybridized carbons (Fsp3) is 0.207. The van der Waals surface area contributed by atoms with Crippen molar-refractivity contribution in [1.29, 1.82) is 0 Å². The van der Waals surface area contributed by atoms with Crippen molar-refractivity contribution in [3.63, 3.8) is 0 Å². The summed E-state index contributed by atoms with van der Waals surface area (Å²) in [5.74, 6) is -1.83. The van der Waals surface area contributed by atoms with Gasteiger partial charge in [0.2, 0.25) is 0 Å². The van der Waals surface area contributed by atoms with Crippen molar-refractivity contribution in [3.05, 3.63) is 88.9 Å². The van der Waals surface area contributed by atoms with Crippen LogP contribution in [-0.2, 0) is 6.54 Å². The van der Waals surface area contributed by atoms with Gasteiger partial charge in [0.1, 0.15) is 5.52 Å². The van der Waals surface area contributed by atoms with Gasteiger partial charge in [-0.3, -0.25) is 0 Å². The zero-order chi connectivity index (χ0) is 26.3. The van der Waals surface area contributed by atoms with E-state index in [1.807, 2.05) is 22.8 Å². The molecule has 0 aliphatic carbocycles. The summed E-state index contributed by atoms with van der Waals surface area (Å²) < 4.78 is 1.96. The molecular weight excluding hydrogens is 468 g/mol. The highest BCUT2D eigenvalue weighted by molar-refractivity contribution is 6.07. The van der Waals surface area contributed by atoms with Crippen LogP contribution in [-0.4, -0.2) is 41.7 Å². The summed E-state index contributed by atoms with van der Waals surface area (Å²) in [4.78, 5) is 38.1. The van der Waals surface area contributed by atoms with Crippen LogP contribution in [0.1, 0.15) is 63.6 Å². The Morgan fingerprint density at radius 1 is 1.03 bits per heavy atom. The highest BCUT2D eigenvalue weighted by atomic mass is 16.4. The van der Waals surface area contributed by atoms with E-state index in [-0.39, 0.29) is 11.1 Å². The molecule has 0 aliphatic rings. The summed E-state index contributed by atoms with van der Waals surface area (Å²) in [6.45, 7) is 6.44. The van der Waals surface area contributed by atoms with Crippen molar-refractivity contribution >= 4 is 34.0 Å². The normalized spacial score (nSPS) is 12.2. The summed E-state index contributed by atoms with van der Waals surface area (Å²) in [7, 11) is 0. The van der Waals surface area contributed by atoms with Crippen LogP contribution < -0.4 is 0 Å². The number of nitrogens with zero attached hydrogens (tertiary/aromatic N) is 4. The van der Waals surface area contributed by atoms with Gasteiger partial charge in [-0.2, -0.15) is 0 Å². The first-order valence-corrected chi connectivity index (χ1v) is 12.1. The zero-order valence-electron chi connectivity index (χ0n) is 20.8. The van der Waals surface area contributed by atoms with E-state index < -0.39 is 11.9 Å². The van der Waals surface area contributed by atoms with Gasteiger partial charge in [-0.05, 0) is 60.2 Å². The highest BCUT2D eigenvalue weighted by Gasteiger charge is 2.22. The summed E-state index contributed by atoms with van der Waals surface area (Å²) in [6.07, 6.45) is 4.57. The number of hydrogen-bond acceptors (Lipinski definition) is 5. The topological polar surface area (TPSA) is 118 Å². The van der Waals surface area contributed by atoms with Crippen molar-refractivity contribution in [2.75, 3.05) is 0 Å². The summed E-state index contributed by atoms with van der Waals surface area (Å²) in [6, 6.07) is 14.0. The third-order valence-corrected chi connectivity index (χ3v) is 6.95. The number of hydrogen-bond donors (Lipinski definition) is 2. The van der Waals surface area contributed by atoms with E-state index in [2.05, 4.69) is 23.8 Å². The Kier molecular flexibility index (Phi) is 6.17. The maximum Gasteiger partial charge on any atom is 0.336 e. The Labute approximate surface area is 213 Å². The highest BCUT2D eigenvalue weighted by Crippen LogP contribution is 2.33. The number of carboxylic acids is 2. The Hall–Kier alpha value is -4.59. The lowest BCUT2D eigenvalue weighted by molar-refractivity contribution is 0.0688. The van der Waals surface area contributed by atoms with Gasteiger partial charge in [-0.25, -0.2) is 24.5 Å². The molecule has 8 heteroatoms. The van der Waals surface area contributed by atoms with E-state index in [1.54, 1.807) is 43.7 Å². The van der Waals surface area contributed by atoms with Crippen LogP contribution in [0.25, 0.3) is 33.3 Å². The van der Waals surface area contributed by atoms with E-state index in [1.165, 1.54) is 6.07 Å². The molecule has 1 atom stereocenters. The number of rotatable bonds is 7. The summed E-state index contributed by atoms with van der Waals surface area (Å²) in [5.41, 5.74) is 5.50. The van der Waals surface area contributed by atoms with Gasteiger partial charge in [-0.1, -0.05) is 38.1 Å². The van der Waals surface area contributed by atoms with Crippen molar-refractivity contribution < 1.29 is 19.8 Å². The van der Waals surface area contributed by atoms with E-state index in [0.29, 0.717) is 40.2 Å². The molecule has 2 N–H and O–H groups in total. The monoisotopic (exact) mass is 494 g/mol. The number of fused-ring (bicyclic) bond motifs is 2. The number of pyridine rings is 2. The lowest BCUT2D eigenvalue weighted by Crippen LogP contribution is -2.08. The molecule has 2 aromatic carbocycles. The first kappa shape index (κ1) is 24.1. The maximum absolute atomic E-state index is 12.4. The zero-order valence-corrected chi connectivity index (χ0v) is 20.8. The lowest BCUT2D eigenvalue weighted by Gasteiger charge is -2.15. The van der Waals surface area contributed by atoms with Crippen molar-refractivity contribution in [1.82, 2.24) is 19.5 Å². The minimum Gasteiger partial charge on any atom is -0.478 e. The van der Waals surface area contributed by atoms with Gasteiger partial charge in [0.15, 0.2) is 5.65 Å². The molecule has 0 bridgehead atoms. The van der Waals surface area contributed by atoms with Gasteiger partial charge in [-0.15, -0.1) is 0 Å². The molecule has 1 unspecified atom stereocenters. The van der Waals surface area contributed by atoms with Crippen LogP contribution in [0.2, 0.25) is 0 Å². The second kappa shape index (κ2) is 9.46. The van der Waals surface area contributed by atoms with Crippen LogP contribution in [0.4, 0.5) is 0 Å². The average molecular weight is 495 g/mol. The van der Waals surface area contributed by atoms with E-state index in [0.717, 1.165) is 28.7 Å². The van der Waals surface area contributed by atoms with Crippen LogP contribution in [0, 0.1) is 6.92 Å². The van der Waals surface area contributed by atoms with E-state index in [4.69, 9.17) is 4.98 Å². The Morgan fingerprint density at radius 2 is 1.81 bits per heavy atom. The molecule has 0 saturated heterocycles. The lowest BCUT2D eigenvalue weighted by atomic mass is 9.94. The third kappa shape index (κ3) is 4.20. The molecule has 5 rings (SSSR count). The molecule has 0 spiro atoms. The fourth-order valence-electron chi connectivity index (χ4n) is 4.83. The molecule has 0 amide bonds. The van der Waals surface area contributed by atoms with Crippen LogP contribution in [0.3, 0.4) is 0 Å². The van der Waals surface area contributed by atoms with Crippen LogP contribution in [0.15, 0.2) is 61.1 Å². The molecule has 0 fully saturated rings. The third-order valence-electron chi connectivity index (χ3n) is 6.95. The fourth-order valence-corrected chi connectivity index (χ4v) is 4.83.